The molecular formula is C20H22Cl2N2O2S. The Balaban J connectivity index is 0.00000210. The molecule has 4 rings (SSSR count). The SMILES string of the molecule is Cc1ccc(C(CNC(=O)c2sc3ccccc3c2Cl)N2CCCC2)o1.Cl. The molecule has 1 atom stereocenters. The molecule has 7 heteroatoms. The molecule has 0 aliphatic carbocycles. The van der Waals surface area contributed by atoms with E-state index >= 15 is 0 Å². The van der Waals surface area contributed by atoms with E-state index in [0.717, 1.165) is 34.7 Å². The normalized spacial score (nSPS) is 15.6. The van der Waals surface area contributed by atoms with Crippen molar-refractivity contribution in [1.29, 1.82) is 0 Å². The maximum atomic E-state index is 12.8. The lowest BCUT2D eigenvalue weighted by atomic mass is 10.2. The summed E-state index contributed by atoms with van der Waals surface area (Å²) >= 11 is 7.87. The minimum absolute atomic E-state index is 0. The third-order valence-corrected chi connectivity index (χ3v) is 6.54. The molecule has 27 heavy (non-hydrogen) atoms. The van der Waals surface area contributed by atoms with Gasteiger partial charge in [-0.05, 0) is 51.1 Å². The molecule has 1 unspecified atom stereocenters. The highest BCUT2D eigenvalue weighted by Gasteiger charge is 2.27. The van der Waals surface area contributed by atoms with Gasteiger partial charge < -0.3 is 9.73 Å². The van der Waals surface area contributed by atoms with E-state index in [2.05, 4.69) is 10.2 Å². The number of carbonyl (C=O) groups excluding carboxylic acids is 1. The first-order chi connectivity index (χ1) is 12.6. The molecule has 0 radical (unpaired) electrons. The van der Waals surface area contributed by atoms with Crippen LogP contribution in [0.2, 0.25) is 5.02 Å². The second kappa shape index (κ2) is 8.65. The topological polar surface area (TPSA) is 45.5 Å². The van der Waals surface area contributed by atoms with Crippen molar-refractivity contribution in [3.63, 3.8) is 0 Å². The largest absolute Gasteiger partial charge is 0.465 e. The van der Waals surface area contributed by atoms with Crippen LogP contribution in [0.15, 0.2) is 40.8 Å². The summed E-state index contributed by atoms with van der Waals surface area (Å²) in [7, 11) is 0. The average Bonchev–Trinajstić information content (AvgIpc) is 3.37. The van der Waals surface area contributed by atoms with Crippen LogP contribution >= 0.6 is 35.3 Å². The van der Waals surface area contributed by atoms with Gasteiger partial charge in [0.1, 0.15) is 16.4 Å². The van der Waals surface area contributed by atoms with Crippen LogP contribution in [0.3, 0.4) is 0 Å². The maximum Gasteiger partial charge on any atom is 0.263 e. The molecule has 3 aromatic rings. The Kier molecular flexibility index (Phi) is 6.48. The van der Waals surface area contributed by atoms with Gasteiger partial charge in [0.15, 0.2) is 0 Å². The number of furan rings is 1. The van der Waals surface area contributed by atoms with Crippen LogP contribution in [0, 0.1) is 6.92 Å². The summed E-state index contributed by atoms with van der Waals surface area (Å²) in [5.74, 6) is 1.68. The van der Waals surface area contributed by atoms with Gasteiger partial charge in [-0.3, -0.25) is 9.69 Å². The molecule has 1 aliphatic heterocycles. The molecule has 0 bridgehead atoms. The number of fused-ring (bicyclic) bond motifs is 1. The highest BCUT2D eigenvalue weighted by Crippen LogP contribution is 2.35. The van der Waals surface area contributed by atoms with Crippen LogP contribution in [0.4, 0.5) is 0 Å². The van der Waals surface area contributed by atoms with Crippen molar-refractivity contribution in [2.75, 3.05) is 19.6 Å². The zero-order valence-corrected chi connectivity index (χ0v) is 17.4. The van der Waals surface area contributed by atoms with Gasteiger partial charge in [-0.25, -0.2) is 0 Å². The van der Waals surface area contributed by atoms with Crippen LogP contribution < -0.4 is 5.32 Å². The number of hydrogen-bond acceptors (Lipinski definition) is 4. The highest BCUT2D eigenvalue weighted by molar-refractivity contribution is 7.21. The van der Waals surface area contributed by atoms with Crippen molar-refractivity contribution >= 4 is 51.3 Å². The smallest absolute Gasteiger partial charge is 0.263 e. The van der Waals surface area contributed by atoms with Gasteiger partial charge in [0, 0.05) is 16.6 Å². The monoisotopic (exact) mass is 424 g/mol. The second-order valence-electron chi connectivity index (χ2n) is 6.66. The average molecular weight is 425 g/mol. The predicted molar refractivity (Wildman–Crippen MR) is 113 cm³/mol. The summed E-state index contributed by atoms with van der Waals surface area (Å²) in [5.41, 5.74) is 0. The molecular weight excluding hydrogens is 403 g/mol. The van der Waals surface area contributed by atoms with E-state index in [9.17, 15) is 4.79 Å². The van der Waals surface area contributed by atoms with Crippen molar-refractivity contribution in [1.82, 2.24) is 10.2 Å². The molecule has 0 saturated carbocycles. The van der Waals surface area contributed by atoms with Crippen LogP contribution in [-0.2, 0) is 0 Å². The maximum absolute atomic E-state index is 12.8. The van der Waals surface area contributed by atoms with E-state index in [1.54, 1.807) is 0 Å². The number of hydrogen-bond donors (Lipinski definition) is 1. The molecule has 1 N–H and O–H groups in total. The summed E-state index contributed by atoms with van der Waals surface area (Å²) in [6, 6.07) is 11.9. The molecule has 4 nitrogen and oxygen atoms in total. The summed E-state index contributed by atoms with van der Waals surface area (Å²) in [6.45, 7) is 4.52. The zero-order chi connectivity index (χ0) is 18.1. The third kappa shape index (κ3) is 4.16. The molecule has 1 aliphatic rings. The van der Waals surface area contributed by atoms with E-state index in [1.807, 2.05) is 43.3 Å². The molecule has 3 heterocycles. The lowest BCUT2D eigenvalue weighted by molar-refractivity contribution is 0.0938. The minimum Gasteiger partial charge on any atom is -0.465 e. The number of nitrogens with zero attached hydrogens (tertiary/aromatic N) is 1. The summed E-state index contributed by atoms with van der Waals surface area (Å²) < 4.78 is 6.88. The zero-order valence-electron chi connectivity index (χ0n) is 15.0. The Morgan fingerprint density at radius 2 is 2.00 bits per heavy atom. The summed E-state index contributed by atoms with van der Waals surface area (Å²) in [4.78, 5) is 15.7. The predicted octanol–water partition coefficient (Wildman–Crippen LogP) is 5.44. The van der Waals surface area contributed by atoms with Gasteiger partial charge >= 0.3 is 0 Å². The van der Waals surface area contributed by atoms with Gasteiger partial charge in [0.25, 0.3) is 5.91 Å². The molecule has 1 saturated heterocycles. The number of amides is 1. The van der Waals surface area contributed by atoms with Gasteiger partial charge in [-0.2, -0.15) is 0 Å². The van der Waals surface area contributed by atoms with Crippen LogP contribution in [0.25, 0.3) is 10.1 Å². The molecule has 1 amide bonds. The number of halogens is 2. The number of rotatable bonds is 5. The van der Waals surface area contributed by atoms with Crippen molar-refractivity contribution in [2.45, 2.75) is 25.8 Å². The van der Waals surface area contributed by atoms with E-state index in [0.29, 0.717) is 16.4 Å². The third-order valence-electron chi connectivity index (χ3n) is 4.87. The van der Waals surface area contributed by atoms with E-state index in [4.69, 9.17) is 16.0 Å². The quantitative estimate of drug-likeness (QED) is 0.592. The summed E-state index contributed by atoms with van der Waals surface area (Å²) in [5, 5.41) is 4.54. The van der Waals surface area contributed by atoms with Crippen molar-refractivity contribution < 1.29 is 9.21 Å². The number of carbonyl (C=O) groups is 1. The number of nitrogens with one attached hydrogen (secondary N) is 1. The number of likely N-dealkylation sites (tertiary alicyclic amines) is 1. The number of thiophene rings is 1. The number of benzene rings is 1. The number of aryl methyl sites for hydroxylation is 1. The molecule has 1 aromatic carbocycles. The van der Waals surface area contributed by atoms with Crippen LogP contribution in [0.1, 0.15) is 40.1 Å². The van der Waals surface area contributed by atoms with Crippen molar-refractivity contribution in [3.05, 3.63) is 57.8 Å². The standard InChI is InChI=1S/C20H21ClN2O2S.ClH/c1-13-8-9-16(25-13)15(23-10-4-5-11-23)12-22-20(24)19-18(21)14-6-2-3-7-17(14)26-19;/h2-3,6-9,15H,4-5,10-12H2,1H3,(H,22,24);1H. The Labute approximate surface area is 173 Å². The minimum atomic E-state index is -0.122. The van der Waals surface area contributed by atoms with Crippen LogP contribution in [-0.4, -0.2) is 30.4 Å². The summed E-state index contributed by atoms with van der Waals surface area (Å²) in [6.07, 6.45) is 2.37. The lowest BCUT2D eigenvalue weighted by Crippen LogP contribution is -2.36. The Bertz CT molecular complexity index is 931. The van der Waals surface area contributed by atoms with Gasteiger partial charge in [0.2, 0.25) is 0 Å². The first-order valence-corrected chi connectivity index (χ1v) is 10.1. The molecule has 2 aromatic heterocycles. The van der Waals surface area contributed by atoms with E-state index in [1.165, 1.54) is 24.2 Å². The first kappa shape index (κ1) is 20.2. The Morgan fingerprint density at radius 1 is 1.26 bits per heavy atom. The first-order valence-electron chi connectivity index (χ1n) is 8.89. The molecule has 0 spiro atoms. The van der Waals surface area contributed by atoms with Crippen molar-refractivity contribution in [2.24, 2.45) is 0 Å². The van der Waals surface area contributed by atoms with Gasteiger partial charge in [0.05, 0.1) is 11.1 Å². The van der Waals surface area contributed by atoms with Gasteiger partial charge in [-0.15, -0.1) is 23.7 Å². The highest BCUT2D eigenvalue weighted by atomic mass is 35.5. The Hall–Kier alpha value is -1.53. The fourth-order valence-electron chi connectivity index (χ4n) is 3.53. The van der Waals surface area contributed by atoms with E-state index in [-0.39, 0.29) is 24.4 Å². The van der Waals surface area contributed by atoms with Crippen LogP contribution in [0.5, 0.6) is 0 Å². The van der Waals surface area contributed by atoms with Crippen molar-refractivity contribution in [3.8, 4) is 0 Å². The fourth-order valence-corrected chi connectivity index (χ4v) is 4.96. The lowest BCUT2D eigenvalue weighted by Gasteiger charge is -2.26. The molecule has 144 valence electrons. The fraction of sp³-hybridized carbons (Fsp3) is 0.350. The molecule has 1 fully saturated rings. The van der Waals surface area contributed by atoms with Gasteiger partial charge in [-0.1, -0.05) is 29.8 Å². The van der Waals surface area contributed by atoms with E-state index < -0.39 is 0 Å². The Morgan fingerprint density at radius 3 is 2.67 bits per heavy atom. The second-order valence-corrected chi connectivity index (χ2v) is 8.09.